The molecule has 0 radical (unpaired) electrons. The fourth-order valence-electron chi connectivity index (χ4n) is 3.46. The lowest BCUT2D eigenvalue weighted by Gasteiger charge is -2.19. The molecule has 5 heteroatoms. The van der Waals surface area contributed by atoms with Crippen molar-refractivity contribution in [2.75, 3.05) is 0 Å². The van der Waals surface area contributed by atoms with Gasteiger partial charge in [-0.3, -0.25) is 14.2 Å². The molecule has 2 heterocycles. The lowest BCUT2D eigenvalue weighted by atomic mass is 10.0. The Morgan fingerprint density at radius 3 is 2.76 bits per heavy atom. The van der Waals surface area contributed by atoms with Crippen LogP contribution in [-0.4, -0.2) is 20.3 Å². The Bertz CT molecular complexity index is 779. The van der Waals surface area contributed by atoms with E-state index in [2.05, 4.69) is 16.9 Å². The number of fused-ring (bicyclic) bond motifs is 1. The summed E-state index contributed by atoms with van der Waals surface area (Å²) in [4.78, 5) is 33.1. The number of carbonyl (C=O) groups excluding carboxylic acids is 1. The molecule has 1 aliphatic carbocycles. The molecule has 2 unspecified atom stereocenters. The summed E-state index contributed by atoms with van der Waals surface area (Å²) >= 11 is 0. The van der Waals surface area contributed by atoms with E-state index in [1.165, 1.54) is 13.3 Å². The van der Waals surface area contributed by atoms with Gasteiger partial charge in [-0.25, -0.2) is 9.97 Å². The molecule has 0 spiro atoms. The molecule has 1 saturated carbocycles. The van der Waals surface area contributed by atoms with Crippen LogP contribution in [0.5, 0.6) is 0 Å². The molecule has 1 aliphatic rings. The zero-order valence-corrected chi connectivity index (χ0v) is 12.6. The lowest BCUT2D eigenvalue weighted by molar-refractivity contribution is 0.101. The summed E-state index contributed by atoms with van der Waals surface area (Å²) in [6, 6.07) is 0.128. The van der Waals surface area contributed by atoms with Crippen LogP contribution in [0.2, 0.25) is 0 Å². The summed E-state index contributed by atoms with van der Waals surface area (Å²) in [5, 5.41) is 0.793. The smallest absolute Gasteiger partial charge is 0.263 e. The van der Waals surface area contributed by atoms with E-state index >= 15 is 0 Å². The van der Waals surface area contributed by atoms with Gasteiger partial charge < -0.3 is 0 Å². The van der Waals surface area contributed by atoms with Crippen LogP contribution in [0, 0.1) is 12.8 Å². The van der Waals surface area contributed by atoms with E-state index in [0.717, 1.165) is 24.6 Å². The Balaban J connectivity index is 2.37. The maximum absolute atomic E-state index is 12.8. The molecule has 0 bridgehead atoms. The van der Waals surface area contributed by atoms with Crippen molar-refractivity contribution < 1.29 is 4.79 Å². The van der Waals surface area contributed by atoms with Gasteiger partial charge in [0, 0.05) is 17.6 Å². The Labute approximate surface area is 123 Å². The second kappa shape index (κ2) is 5.06. The summed E-state index contributed by atoms with van der Waals surface area (Å²) in [7, 11) is 0. The number of Topliss-reactive ketones (excluding diaryl/α,β-unsaturated/α-hetero) is 1. The van der Waals surface area contributed by atoms with E-state index in [9.17, 15) is 9.59 Å². The van der Waals surface area contributed by atoms with Crippen molar-refractivity contribution in [1.82, 2.24) is 14.5 Å². The van der Waals surface area contributed by atoms with Crippen molar-refractivity contribution in [3.8, 4) is 0 Å². The maximum atomic E-state index is 12.8. The molecule has 0 amide bonds. The van der Waals surface area contributed by atoms with Gasteiger partial charge in [0.25, 0.3) is 5.56 Å². The third-order valence-electron chi connectivity index (χ3n) is 4.52. The highest BCUT2D eigenvalue weighted by Crippen LogP contribution is 2.35. The SMILES string of the molecule is CC(=O)c1c(C)c2cncnc2n(C2CCC(C)C2)c1=O. The first-order chi connectivity index (χ1) is 10.0. The molecule has 0 N–H and O–H groups in total. The van der Waals surface area contributed by atoms with E-state index in [0.29, 0.717) is 17.1 Å². The first-order valence-corrected chi connectivity index (χ1v) is 7.36. The van der Waals surface area contributed by atoms with Crippen molar-refractivity contribution in [2.24, 2.45) is 5.92 Å². The van der Waals surface area contributed by atoms with Crippen molar-refractivity contribution in [3.63, 3.8) is 0 Å². The van der Waals surface area contributed by atoms with Crippen LogP contribution in [0.15, 0.2) is 17.3 Å². The van der Waals surface area contributed by atoms with Gasteiger partial charge >= 0.3 is 0 Å². The molecule has 0 aromatic carbocycles. The van der Waals surface area contributed by atoms with Gasteiger partial charge in [-0.2, -0.15) is 0 Å². The number of aryl methyl sites for hydroxylation is 1. The molecule has 0 saturated heterocycles. The fourth-order valence-corrected chi connectivity index (χ4v) is 3.46. The second-order valence-electron chi connectivity index (χ2n) is 6.06. The van der Waals surface area contributed by atoms with Gasteiger partial charge in [-0.05, 0) is 44.6 Å². The molecular weight excluding hydrogens is 266 g/mol. The predicted octanol–water partition coefficient (Wildman–Crippen LogP) is 2.66. The zero-order chi connectivity index (χ0) is 15.1. The van der Waals surface area contributed by atoms with Crippen LogP contribution in [0.3, 0.4) is 0 Å². The van der Waals surface area contributed by atoms with Gasteiger partial charge in [0.15, 0.2) is 5.78 Å². The summed E-state index contributed by atoms with van der Waals surface area (Å²) in [6.07, 6.45) is 6.18. The van der Waals surface area contributed by atoms with Crippen LogP contribution in [-0.2, 0) is 0 Å². The zero-order valence-electron chi connectivity index (χ0n) is 12.6. The second-order valence-corrected chi connectivity index (χ2v) is 6.06. The molecule has 5 nitrogen and oxygen atoms in total. The average Bonchev–Trinajstić information content (AvgIpc) is 2.85. The first kappa shape index (κ1) is 13.9. The molecule has 2 atom stereocenters. The molecule has 2 aromatic heterocycles. The lowest BCUT2D eigenvalue weighted by Crippen LogP contribution is -2.30. The first-order valence-electron chi connectivity index (χ1n) is 7.36. The standard InChI is InChI=1S/C16H19N3O2/c1-9-4-5-12(6-9)19-15-13(7-17-8-18-15)10(2)14(11(3)20)16(19)21/h7-9,12H,4-6H2,1-3H3. The van der Waals surface area contributed by atoms with E-state index in [1.807, 2.05) is 0 Å². The third-order valence-corrected chi connectivity index (χ3v) is 4.52. The van der Waals surface area contributed by atoms with E-state index in [4.69, 9.17) is 0 Å². The number of aromatic nitrogens is 3. The molecule has 110 valence electrons. The topological polar surface area (TPSA) is 64.8 Å². The number of hydrogen-bond acceptors (Lipinski definition) is 4. The Morgan fingerprint density at radius 2 is 2.14 bits per heavy atom. The number of ketones is 1. The summed E-state index contributed by atoms with van der Waals surface area (Å²) in [6.45, 7) is 5.44. The van der Waals surface area contributed by atoms with E-state index in [1.54, 1.807) is 17.7 Å². The predicted molar refractivity (Wildman–Crippen MR) is 80.6 cm³/mol. The minimum atomic E-state index is -0.203. The fraction of sp³-hybridized carbons (Fsp3) is 0.500. The number of rotatable bonds is 2. The molecule has 2 aromatic rings. The highest BCUT2D eigenvalue weighted by Gasteiger charge is 2.28. The van der Waals surface area contributed by atoms with E-state index in [-0.39, 0.29) is 22.9 Å². The Kier molecular flexibility index (Phi) is 3.35. The largest absolute Gasteiger partial charge is 0.294 e. The Hall–Kier alpha value is -2.04. The highest BCUT2D eigenvalue weighted by atomic mass is 16.1. The Morgan fingerprint density at radius 1 is 1.38 bits per heavy atom. The van der Waals surface area contributed by atoms with Crippen molar-refractivity contribution in [2.45, 2.75) is 46.1 Å². The number of carbonyl (C=O) groups is 1. The number of pyridine rings is 1. The number of hydrogen-bond donors (Lipinski definition) is 0. The monoisotopic (exact) mass is 285 g/mol. The van der Waals surface area contributed by atoms with Gasteiger partial charge in [0.2, 0.25) is 0 Å². The molecule has 21 heavy (non-hydrogen) atoms. The molecule has 3 rings (SSSR count). The van der Waals surface area contributed by atoms with Crippen LogP contribution in [0.25, 0.3) is 11.0 Å². The molecule has 1 fully saturated rings. The van der Waals surface area contributed by atoms with Crippen LogP contribution < -0.4 is 5.56 Å². The van der Waals surface area contributed by atoms with Crippen molar-refractivity contribution in [3.05, 3.63) is 34.0 Å². The van der Waals surface area contributed by atoms with Crippen LogP contribution in [0.1, 0.15) is 55.1 Å². The maximum Gasteiger partial charge on any atom is 0.263 e. The third kappa shape index (κ3) is 2.17. The summed E-state index contributed by atoms with van der Waals surface area (Å²) in [5.74, 6) is 0.406. The number of nitrogens with zero attached hydrogens (tertiary/aromatic N) is 3. The highest BCUT2D eigenvalue weighted by molar-refractivity contribution is 5.99. The van der Waals surface area contributed by atoms with Gasteiger partial charge in [-0.15, -0.1) is 0 Å². The summed E-state index contributed by atoms with van der Waals surface area (Å²) in [5.41, 5.74) is 1.41. The van der Waals surface area contributed by atoms with Crippen LogP contribution in [0.4, 0.5) is 0 Å². The minimum absolute atomic E-state index is 0.128. The summed E-state index contributed by atoms with van der Waals surface area (Å²) < 4.78 is 1.73. The van der Waals surface area contributed by atoms with E-state index < -0.39 is 0 Å². The normalized spacial score (nSPS) is 21.9. The van der Waals surface area contributed by atoms with Gasteiger partial charge in [-0.1, -0.05) is 6.92 Å². The average molecular weight is 285 g/mol. The molecular formula is C16H19N3O2. The van der Waals surface area contributed by atoms with Gasteiger partial charge in [0.05, 0.1) is 5.56 Å². The van der Waals surface area contributed by atoms with Gasteiger partial charge in [0.1, 0.15) is 12.0 Å². The van der Waals surface area contributed by atoms with Crippen molar-refractivity contribution >= 4 is 16.8 Å². The quantitative estimate of drug-likeness (QED) is 0.796. The van der Waals surface area contributed by atoms with Crippen LogP contribution >= 0.6 is 0 Å². The minimum Gasteiger partial charge on any atom is -0.294 e. The van der Waals surface area contributed by atoms with Crippen molar-refractivity contribution in [1.29, 1.82) is 0 Å². The molecule has 0 aliphatic heterocycles.